The van der Waals surface area contributed by atoms with Crippen LogP contribution in [0, 0.1) is 5.92 Å². The standard InChI is InChI=1S/C28H38BrN5O3/c1-28(2,3)37-27(36)33-16-13-20(14-17-33)19-34(25(35)21-8-7-9-22(29)18-21)24-12-15-30-26(32-24)31-23-10-5-4-6-11-23/h7-9,12,15,18,20,23H,4-6,10-11,13-14,16-17,19H2,1-3H3,(H,30,31,32). The van der Waals surface area contributed by atoms with E-state index in [0.717, 1.165) is 30.2 Å². The number of hydrogen-bond donors (Lipinski definition) is 1. The minimum absolute atomic E-state index is 0.0989. The maximum absolute atomic E-state index is 13.7. The van der Waals surface area contributed by atoms with Crippen molar-refractivity contribution in [2.24, 2.45) is 5.92 Å². The molecule has 0 unspecified atom stereocenters. The maximum Gasteiger partial charge on any atom is 0.410 e. The van der Waals surface area contributed by atoms with E-state index in [1.807, 2.05) is 45.0 Å². The number of amides is 2. The number of carbonyl (C=O) groups is 2. The molecule has 1 aromatic heterocycles. The third kappa shape index (κ3) is 7.90. The van der Waals surface area contributed by atoms with E-state index in [-0.39, 0.29) is 17.9 Å². The third-order valence-electron chi connectivity index (χ3n) is 6.88. The van der Waals surface area contributed by atoms with Gasteiger partial charge in [0.05, 0.1) is 0 Å². The van der Waals surface area contributed by atoms with E-state index >= 15 is 0 Å². The molecule has 200 valence electrons. The van der Waals surface area contributed by atoms with Crippen LogP contribution in [0.5, 0.6) is 0 Å². The van der Waals surface area contributed by atoms with Gasteiger partial charge in [0.1, 0.15) is 11.4 Å². The number of aromatic nitrogens is 2. The molecule has 1 aliphatic carbocycles. The molecular weight excluding hydrogens is 534 g/mol. The predicted molar refractivity (Wildman–Crippen MR) is 149 cm³/mol. The van der Waals surface area contributed by atoms with Crippen LogP contribution in [0.1, 0.15) is 76.1 Å². The number of carbonyl (C=O) groups excluding carboxylic acids is 2. The lowest BCUT2D eigenvalue weighted by Crippen LogP contribution is -2.45. The molecule has 2 amide bonds. The fourth-order valence-electron chi connectivity index (χ4n) is 4.94. The van der Waals surface area contributed by atoms with Gasteiger partial charge in [-0.05, 0) is 76.6 Å². The van der Waals surface area contributed by atoms with Gasteiger partial charge in [-0.2, -0.15) is 4.98 Å². The fourth-order valence-corrected chi connectivity index (χ4v) is 5.34. The van der Waals surface area contributed by atoms with E-state index in [0.29, 0.717) is 43.0 Å². The molecule has 0 bridgehead atoms. The molecule has 9 heteroatoms. The summed E-state index contributed by atoms with van der Waals surface area (Å²) in [6, 6.07) is 9.61. The number of piperidine rings is 1. The van der Waals surface area contributed by atoms with Crippen molar-refractivity contribution in [2.75, 3.05) is 29.9 Å². The number of nitrogens with zero attached hydrogens (tertiary/aromatic N) is 4. The summed E-state index contributed by atoms with van der Waals surface area (Å²) in [5, 5.41) is 3.48. The number of nitrogens with one attached hydrogen (secondary N) is 1. The smallest absolute Gasteiger partial charge is 0.410 e. The van der Waals surface area contributed by atoms with E-state index in [4.69, 9.17) is 9.72 Å². The second-order valence-corrected chi connectivity index (χ2v) is 12.0. The van der Waals surface area contributed by atoms with Gasteiger partial charge in [0, 0.05) is 41.9 Å². The molecule has 1 aromatic carbocycles. The molecule has 2 aromatic rings. The van der Waals surface area contributed by atoms with Gasteiger partial charge in [0.15, 0.2) is 0 Å². The molecule has 0 spiro atoms. The van der Waals surface area contributed by atoms with Crippen LogP contribution in [-0.2, 0) is 4.74 Å². The zero-order valence-electron chi connectivity index (χ0n) is 22.1. The Labute approximate surface area is 228 Å². The van der Waals surface area contributed by atoms with Crippen molar-refractivity contribution in [3.05, 3.63) is 46.6 Å². The zero-order chi connectivity index (χ0) is 26.4. The monoisotopic (exact) mass is 571 g/mol. The average molecular weight is 573 g/mol. The lowest BCUT2D eigenvalue weighted by molar-refractivity contribution is 0.0185. The van der Waals surface area contributed by atoms with Crippen LogP contribution in [0.15, 0.2) is 41.0 Å². The maximum atomic E-state index is 13.7. The first-order valence-electron chi connectivity index (χ1n) is 13.3. The number of likely N-dealkylation sites (tertiary alicyclic amines) is 1. The van der Waals surface area contributed by atoms with E-state index < -0.39 is 5.60 Å². The van der Waals surface area contributed by atoms with Crippen molar-refractivity contribution in [1.29, 1.82) is 0 Å². The summed E-state index contributed by atoms with van der Waals surface area (Å²) in [7, 11) is 0. The van der Waals surface area contributed by atoms with Crippen molar-refractivity contribution in [3.8, 4) is 0 Å². The molecule has 0 radical (unpaired) electrons. The summed E-state index contributed by atoms with van der Waals surface area (Å²) in [4.78, 5) is 39.0. The normalized spacial score (nSPS) is 17.4. The highest BCUT2D eigenvalue weighted by molar-refractivity contribution is 9.10. The van der Waals surface area contributed by atoms with Crippen LogP contribution in [0.25, 0.3) is 0 Å². The number of hydrogen-bond acceptors (Lipinski definition) is 6. The van der Waals surface area contributed by atoms with Gasteiger partial charge in [-0.15, -0.1) is 0 Å². The lowest BCUT2D eigenvalue weighted by Gasteiger charge is -2.35. The Morgan fingerprint density at radius 3 is 2.51 bits per heavy atom. The molecule has 2 aliphatic rings. The molecule has 0 atom stereocenters. The van der Waals surface area contributed by atoms with Crippen LogP contribution >= 0.6 is 15.9 Å². The zero-order valence-corrected chi connectivity index (χ0v) is 23.7. The Morgan fingerprint density at radius 1 is 1.11 bits per heavy atom. The second kappa shape index (κ2) is 12.2. The Hall–Kier alpha value is -2.68. The van der Waals surface area contributed by atoms with Crippen molar-refractivity contribution in [3.63, 3.8) is 0 Å². The molecule has 8 nitrogen and oxygen atoms in total. The molecule has 4 rings (SSSR count). The fraction of sp³-hybridized carbons (Fsp3) is 0.571. The van der Waals surface area contributed by atoms with Gasteiger partial charge in [0.25, 0.3) is 5.91 Å². The Kier molecular flexibility index (Phi) is 9.05. The molecule has 1 N–H and O–H groups in total. The first kappa shape index (κ1) is 27.4. The summed E-state index contributed by atoms with van der Waals surface area (Å²) < 4.78 is 6.39. The Bertz CT molecular complexity index is 1080. The highest BCUT2D eigenvalue weighted by Gasteiger charge is 2.30. The summed E-state index contributed by atoms with van der Waals surface area (Å²) in [6.07, 6.45) is 8.97. The first-order valence-corrected chi connectivity index (χ1v) is 14.1. The molecule has 1 saturated heterocycles. The van der Waals surface area contributed by atoms with Gasteiger partial charge in [-0.25, -0.2) is 9.78 Å². The average Bonchev–Trinajstić information content (AvgIpc) is 2.87. The number of benzene rings is 1. The topological polar surface area (TPSA) is 87.7 Å². The minimum atomic E-state index is -0.516. The van der Waals surface area contributed by atoms with Crippen molar-refractivity contribution in [2.45, 2.75) is 77.4 Å². The predicted octanol–water partition coefficient (Wildman–Crippen LogP) is 6.28. The van der Waals surface area contributed by atoms with Crippen molar-refractivity contribution < 1.29 is 14.3 Å². The minimum Gasteiger partial charge on any atom is -0.444 e. The molecule has 1 aliphatic heterocycles. The van der Waals surface area contributed by atoms with E-state index in [1.165, 1.54) is 19.3 Å². The second-order valence-electron chi connectivity index (χ2n) is 11.1. The highest BCUT2D eigenvalue weighted by atomic mass is 79.9. The van der Waals surface area contributed by atoms with Gasteiger partial charge >= 0.3 is 6.09 Å². The SMILES string of the molecule is CC(C)(C)OC(=O)N1CCC(CN(C(=O)c2cccc(Br)c2)c2ccnc(NC3CCCCC3)n2)CC1. The molecule has 1 saturated carbocycles. The largest absolute Gasteiger partial charge is 0.444 e. The summed E-state index contributed by atoms with van der Waals surface area (Å²) in [5.41, 5.74) is 0.0817. The van der Waals surface area contributed by atoms with E-state index in [2.05, 4.69) is 26.2 Å². The van der Waals surface area contributed by atoms with Gasteiger partial charge < -0.3 is 15.0 Å². The van der Waals surface area contributed by atoms with Crippen LogP contribution < -0.4 is 10.2 Å². The number of halogens is 1. The Balaban J connectivity index is 1.49. The summed E-state index contributed by atoms with van der Waals surface area (Å²) in [5.74, 6) is 1.29. The quantitative estimate of drug-likeness (QED) is 0.439. The number of ether oxygens (including phenoxy) is 1. The van der Waals surface area contributed by atoms with Crippen LogP contribution in [0.4, 0.5) is 16.6 Å². The Morgan fingerprint density at radius 2 is 1.84 bits per heavy atom. The third-order valence-corrected chi connectivity index (χ3v) is 7.37. The highest BCUT2D eigenvalue weighted by Crippen LogP contribution is 2.26. The van der Waals surface area contributed by atoms with E-state index in [1.54, 1.807) is 22.1 Å². The van der Waals surface area contributed by atoms with Crippen LogP contribution in [-0.4, -0.2) is 58.1 Å². The van der Waals surface area contributed by atoms with E-state index in [9.17, 15) is 9.59 Å². The molecule has 2 heterocycles. The van der Waals surface area contributed by atoms with Gasteiger partial charge in [-0.1, -0.05) is 41.3 Å². The molecule has 37 heavy (non-hydrogen) atoms. The summed E-state index contributed by atoms with van der Waals surface area (Å²) in [6.45, 7) is 7.37. The van der Waals surface area contributed by atoms with Crippen LogP contribution in [0.3, 0.4) is 0 Å². The van der Waals surface area contributed by atoms with Crippen molar-refractivity contribution >= 4 is 39.7 Å². The number of rotatable bonds is 6. The lowest BCUT2D eigenvalue weighted by atomic mass is 9.96. The molecular formula is C28H38BrN5O3. The summed E-state index contributed by atoms with van der Waals surface area (Å²) >= 11 is 3.49. The number of anilines is 2. The first-order chi connectivity index (χ1) is 17.7. The van der Waals surface area contributed by atoms with Crippen LogP contribution in [0.2, 0.25) is 0 Å². The van der Waals surface area contributed by atoms with Gasteiger partial charge in [-0.3, -0.25) is 9.69 Å². The molecule has 2 fully saturated rings. The van der Waals surface area contributed by atoms with Gasteiger partial charge in [0.2, 0.25) is 5.95 Å². The van der Waals surface area contributed by atoms with Crippen molar-refractivity contribution in [1.82, 2.24) is 14.9 Å².